The summed E-state index contributed by atoms with van der Waals surface area (Å²) in [6.45, 7) is 0. The summed E-state index contributed by atoms with van der Waals surface area (Å²) in [5.41, 5.74) is 5.91. The lowest BCUT2D eigenvalue weighted by Crippen LogP contribution is -2.09. The molecule has 0 aliphatic rings. The molecule has 2 heterocycles. The first-order valence-corrected chi connectivity index (χ1v) is 8.87. The molecule has 0 amide bonds. The Morgan fingerprint density at radius 2 is 1.15 bits per heavy atom. The molecule has 0 N–H and O–H groups in total. The summed E-state index contributed by atoms with van der Waals surface area (Å²) in [6, 6.07) is 31.3. The van der Waals surface area contributed by atoms with Gasteiger partial charge >= 0.3 is 0 Å². The van der Waals surface area contributed by atoms with E-state index < -0.39 is 0 Å². The van der Waals surface area contributed by atoms with E-state index >= 15 is 0 Å². The minimum Gasteiger partial charge on any atom is -0.261 e. The van der Waals surface area contributed by atoms with Gasteiger partial charge in [-0.2, -0.15) is 0 Å². The first-order valence-electron chi connectivity index (χ1n) is 8.87. The van der Waals surface area contributed by atoms with E-state index in [1.54, 1.807) is 0 Å². The molecular formula is C24H20N2. The topological polar surface area (TPSA) is 25.8 Å². The highest BCUT2D eigenvalue weighted by Gasteiger charge is 2.19. The van der Waals surface area contributed by atoms with Gasteiger partial charge in [-0.1, -0.05) is 66.7 Å². The van der Waals surface area contributed by atoms with Crippen molar-refractivity contribution < 1.29 is 0 Å². The molecule has 0 bridgehead atoms. The Morgan fingerprint density at radius 3 is 1.77 bits per heavy atom. The van der Waals surface area contributed by atoms with E-state index in [-0.39, 0.29) is 5.92 Å². The quantitative estimate of drug-likeness (QED) is 0.480. The molecule has 0 unspecified atom stereocenters. The Morgan fingerprint density at radius 1 is 0.577 bits per heavy atom. The van der Waals surface area contributed by atoms with Crippen molar-refractivity contribution in [1.82, 2.24) is 9.97 Å². The van der Waals surface area contributed by atoms with Gasteiger partial charge in [0.15, 0.2) is 0 Å². The van der Waals surface area contributed by atoms with Crippen molar-refractivity contribution in [2.45, 2.75) is 12.3 Å². The molecule has 0 saturated heterocycles. The third kappa shape index (κ3) is 3.55. The van der Waals surface area contributed by atoms with Gasteiger partial charge in [0.25, 0.3) is 0 Å². The van der Waals surface area contributed by atoms with E-state index in [0.29, 0.717) is 0 Å². The minimum atomic E-state index is 0.127. The average Bonchev–Trinajstić information content (AvgIpc) is 2.74. The van der Waals surface area contributed by atoms with Gasteiger partial charge in [0.1, 0.15) is 0 Å². The van der Waals surface area contributed by atoms with Gasteiger partial charge in [0, 0.05) is 29.7 Å². The Kier molecular flexibility index (Phi) is 4.83. The fraction of sp³-hybridized carbons (Fsp3) is 0.0833. The summed E-state index contributed by atoms with van der Waals surface area (Å²) in [4.78, 5) is 9.23. The van der Waals surface area contributed by atoms with Crippen molar-refractivity contribution in [3.05, 3.63) is 120 Å². The molecule has 26 heavy (non-hydrogen) atoms. The third-order valence-electron chi connectivity index (χ3n) is 4.62. The second kappa shape index (κ2) is 7.75. The summed E-state index contributed by atoms with van der Waals surface area (Å²) in [7, 11) is 0. The van der Waals surface area contributed by atoms with Crippen LogP contribution < -0.4 is 0 Å². The van der Waals surface area contributed by atoms with E-state index in [1.165, 1.54) is 16.7 Å². The van der Waals surface area contributed by atoms with Crippen molar-refractivity contribution in [2.24, 2.45) is 0 Å². The lowest BCUT2D eigenvalue weighted by molar-refractivity contribution is 0.747. The zero-order valence-electron chi connectivity index (χ0n) is 14.5. The van der Waals surface area contributed by atoms with Crippen molar-refractivity contribution >= 4 is 0 Å². The largest absolute Gasteiger partial charge is 0.261 e. The lowest BCUT2D eigenvalue weighted by Gasteiger charge is -2.18. The van der Waals surface area contributed by atoms with Crippen LogP contribution in [0.4, 0.5) is 0 Å². The van der Waals surface area contributed by atoms with Crippen LogP contribution in [0.3, 0.4) is 0 Å². The van der Waals surface area contributed by atoms with Crippen molar-refractivity contribution in [1.29, 1.82) is 0 Å². The summed E-state index contributed by atoms with van der Waals surface area (Å²) in [5.74, 6) is 0.127. The minimum absolute atomic E-state index is 0.127. The highest BCUT2D eigenvalue weighted by Crippen LogP contribution is 2.31. The van der Waals surface area contributed by atoms with Crippen LogP contribution in [0.5, 0.6) is 0 Å². The molecule has 2 aromatic carbocycles. The number of rotatable bonds is 5. The number of aromatic nitrogens is 2. The van der Waals surface area contributed by atoms with Crippen molar-refractivity contribution in [3.63, 3.8) is 0 Å². The van der Waals surface area contributed by atoms with Gasteiger partial charge in [-0.3, -0.25) is 9.97 Å². The van der Waals surface area contributed by atoms with Crippen LogP contribution in [-0.2, 0) is 6.42 Å². The maximum Gasteiger partial charge on any atom is 0.0497 e. The first-order chi connectivity index (χ1) is 12.9. The Balaban J connectivity index is 1.76. The van der Waals surface area contributed by atoms with Crippen LogP contribution in [0.1, 0.15) is 22.9 Å². The van der Waals surface area contributed by atoms with E-state index in [9.17, 15) is 0 Å². The zero-order chi connectivity index (χ0) is 17.6. The molecule has 0 spiro atoms. The number of benzene rings is 2. The molecule has 0 atom stereocenters. The van der Waals surface area contributed by atoms with Crippen LogP contribution >= 0.6 is 0 Å². The molecule has 0 aliphatic heterocycles. The Labute approximate surface area is 154 Å². The van der Waals surface area contributed by atoms with Gasteiger partial charge in [-0.15, -0.1) is 0 Å². The summed E-state index contributed by atoms with van der Waals surface area (Å²) >= 11 is 0. The molecule has 126 valence electrons. The SMILES string of the molecule is c1ccc(-c2ccccc2CC(c2ccccn2)c2ccccn2)cc1. The maximum atomic E-state index is 4.61. The number of hydrogen-bond donors (Lipinski definition) is 0. The first kappa shape index (κ1) is 16.2. The van der Waals surface area contributed by atoms with Gasteiger partial charge < -0.3 is 0 Å². The summed E-state index contributed by atoms with van der Waals surface area (Å²) in [6.07, 6.45) is 4.57. The highest BCUT2D eigenvalue weighted by atomic mass is 14.7. The standard InChI is InChI=1S/C24H20N2/c1-2-10-19(11-3-1)21-13-5-4-12-20(21)18-22(23-14-6-8-16-25-23)24-15-7-9-17-26-24/h1-17,22H,18H2. The van der Waals surface area contributed by atoms with E-state index in [2.05, 4.69) is 76.7 Å². The fourth-order valence-corrected chi connectivity index (χ4v) is 3.34. The Bertz CT molecular complexity index is 911. The molecule has 4 rings (SSSR count). The predicted molar refractivity (Wildman–Crippen MR) is 106 cm³/mol. The third-order valence-corrected chi connectivity index (χ3v) is 4.62. The van der Waals surface area contributed by atoms with Gasteiger partial charge in [0.05, 0.1) is 0 Å². The molecule has 2 aromatic heterocycles. The average molecular weight is 336 g/mol. The molecule has 0 radical (unpaired) electrons. The highest BCUT2D eigenvalue weighted by molar-refractivity contribution is 5.67. The predicted octanol–water partition coefficient (Wildman–Crippen LogP) is 5.52. The molecular weight excluding hydrogens is 316 g/mol. The molecule has 2 heteroatoms. The molecule has 0 fully saturated rings. The zero-order valence-corrected chi connectivity index (χ0v) is 14.5. The van der Waals surface area contributed by atoms with Gasteiger partial charge in [0.2, 0.25) is 0 Å². The van der Waals surface area contributed by atoms with E-state index in [4.69, 9.17) is 0 Å². The monoisotopic (exact) mass is 336 g/mol. The molecule has 4 aromatic rings. The van der Waals surface area contributed by atoms with Gasteiger partial charge in [-0.25, -0.2) is 0 Å². The van der Waals surface area contributed by atoms with Crippen LogP contribution in [0, 0.1) is 0 Å². The number of hydrogen-bond acceptors (Lipinski definition) is 2. The van der Waals surface area contributed by atoms with Crippen LogP contribution in [0.15, 0.2) is 103 Å². The number of pyridine rings is 2. The van der Waals surface area contributed by atoms with Gasteiger partial charge in [-0.05, 0) is 47.4 Å². The van der Waals surface area contributed by atoms with Crippen LogP contribution in [0.25, 0.3) is 11.1 Å². The van der Waals surface area contributed by atoms with Crippen LogP contribution in [0.2, 0.25) is 0 Å². The molecule has 0 aliphatic carbocycles. The molecule has 0 saturated carbocycles. The summed E-state index contributed by atoms with van der Waals surface area (Å²) in [5, 5.41) is 0. The smallest absolute Gasteiger partial charge is 0.0497 e. The molecule has 2 nitrogen and oxygen atoms in total. The normalized spacial score (nSPS) is 10.8. The number of nitrogens with zero attached hydrogens (tertiary/aromatic N) is 2. The second-order valence-corrected chi connectivity index (χ2v) is 6.29. The Hall–Kier alpha value is -3.26. The fourth-order valence-electron chi connectivity index (χ4n) is 3.34. The lowest BCUT2D eigenvalue weighted by atomic mass is 9.88. The van der Waals surface area contributed by atoms with Crippen LogP contribution in [-0.4, -0.2) is 9.97 Å². The second-order valence-electron chi connectivity index (χ2n) is 6.29. The summed E-state index contributed by atoms with van der Waals surface area (Å²) < 4.78 is 0. The van der Waals surface area contributed by atoms with Crippen molar-refractivity contribution in [3.8, 4) is 11.1 Å². The van der Waals surface area contributed by atoms with E-state index in [0.717, 1.165) is 17.8 Å². The van der Waals surface area contributed by atoms with Crippen molar-refractivity contribution in [2.75, 3.05) is 0 Å². The maximum absolute atomic E-state index is 4.61. The van der Waals surface area contributed by atoms with E-state index in [1.807, 2.05) is 36.7 Å².